The maximum absolute atomic E-state index is 12.5. The highest BCUT2D eigenvalue weighted by Gasteiger charge is 2.27. The number of aliphatic hydroxyl groups is 1. The zero-order valence-corrected chi connectivity index (χ0v) is 12.0. The van der Waals surface area contributed by atoms with E-state index in [-0.39, 0.29) is 12.5 Å². The molecule has 1 heterocycles. The highest BCUT2D eigenvalue weighted by Crippen LogP contribution is 2.31. The van der Waals surface area contributed by atoms with Crippen LogP contribution in [-0.4, -0.2) is 36.3 Å². The minimum Gasteiger partial charge on any atom is -0.489 e. The number of nitrogens with one attached hydrogen (secondary N) is 2. The molecular weight excluding hydrogens is 256 g/mol. The number of carbonyl (C=O) groups is 1. The molecule has 1 aromatic rings. The first-order chi connectivity index (χ1) is 9.59. The first-order valence-electron chi connectivity index (χ1n) is 7.02. The molecule has 0 bridgehead atoms. The Hall–Kier alpha value is -1.75. The van der Waals surface area contributed by atoms with Crippen LogP contribution in [0.15, 0.2) is 18.2 Å². The maximum Gasteiger partial charge on any atom is 0.255 e. The molecule has 1 aliphatic heterocycles. The summed E-state index contributed by atoms with van der Waals surface area (Å²) in [6.45, 7) is 5.29. The summed E-state index contributed by atoms with van der Waals surface area (Å²) in [5.74, 6) is 0.446. The van der Waals surface area contributed by atoms with Crippen molar-refractivity contribution in [2.75, 3.05) is 25.1 Å². The fourth-order valence-corrected chi connectivity index (χ4v) is 2.27. The van der Waals surface area contributed by atoms with Crippen molar-refractivity contribution >= 4 is 11.6 Å². The fourth-order valence-electron chi connectivity index (χ4n) is 2.27. The quantitative estimate of drug-likeness (QED) is 0.767. The Kier molecular flexibility index (Phi) is 4.49. The summed E-state index contributed by atoms with van der Waals surface area (Å²) in [5.41, 5.74) is 0.980. The lowest BCUT2D eigenvalue weighted by atomic mass is 9.94. The van der Waals surface area contributed by atoms with E-state index in [0.717, 1.165) is 18.7 Å². The summed E-state index contributed by atoms with van der Waals surface area (Å²) >= 11 is 0. The van der Waals surface area contributed by atoms with Gasteiger partial charge in [-0.1, -0.05) is 13.0 Å². The molecule has 0 spiro atoms. The van der Waals surface area contributed by atoms with E-state index in [0.29, 0.717) is 24.3 Å². The van der Waals surface area contributed by atoms with Gasteiger partial charge in [-0.25, -0.2) is 0 Å². The lowest BCUT2D eigenvalue weighted by Crippen LogP contribution is -2.46. The average Bonchev–Trinajstić information content (AvgIpc) is 2.46. The molecule has 0 saturated heterocycles. The number of amides is 1. The fraction of sp³-hybridized carbons (Fsp3) is 0.533. The van der Waals surface area contributed by atoms with Crippen molar-refractivity contribution in [1.29, 1.82) is 0 Å². The number of rotatable bonds is 5. The summed E-state index contributed by atoms with van der Waals surface area (Å²) in [7, 11) is 0. The molecule has 20 heavy (non-hydrogen) atoms. The molecule has 1 aromatic carbocycles. The molecule has 1 aliphatic rings. The van der Waals surface area contributed by atoms with E-state index in [9.17, 15) is 4.79 Å². The third-order valence-corrected chi connectivity index (χ3v) is 3.78. The normalized spacial score (nSPS) is 16.4. The second kappa shape index (κ2) is 6.13. The van der Waals surface area contributed by atoms with E-state index in [4.69, 9.17) is 9.84 Å². The van der Waals surface area contributed by atoms with Gasteiger partial charge in [-0.2, -0.15) is 0 Å². The standard InChI is InChI=1S/C15H22N2O3/c1-3-15(2,7-9-18)17-14(19)11-5-4-6-12-13(11)20-10-8-16-12/h4-6,16,18H,3,7-10H2,1-2H3,(H,17,19). The highest BCUT2D eigenvalue weighted by atomic mass is 16.5. The van der Waals surface area contributed by atoms with E-state index in [2.05, 4.69) is 10.6 Å². The van der Waals surface area contributed by atoms with Crippen LogP contribution in [0.5, 0.6) is 5.75 Å². The van der Waals surface area contributed by atoms with Crippen LogP contribution in [0, 0.1) is 0 Å². The van der Waals surface area contributed by atoms with Gasteiger partial charge in [0.05, 0.1) is 11.3 Å². The number of benzene rings is 1. The smallest absolute Gasteiger partial charge is 0.255 e. The number of fused-ring (bicyclic) bond motifs is 1. The van der Waals surface area contributed by atoms with Gasteiger partial charge in [0.1, 0.15) is 6.61 Å². The van der Waals surface area contributed by atoms with E-state index in [1.807, 2.05) is 26.0 Å². The zero-order chi connectivity index (χ0) is 14.6. The summed E-state index contributed by atoms with van der Waals surface area (Å²) in [4.78, 5) is 12.5. The van der Waals surface area contributed by atoms with E-state index in [1.165, 1.54) is 0 Å². The van der Waals surface area contributed by atoms with Crippen LogP contribution in [0.4, 0.5) is 5.69 Å². The molecule has 3 N–H and O–H groups in total. The van der Waals surface area contributed by atoms with Crippen molar-refractivity contribution in [3.05, 3.63) is 23.8 Å². The molecule has 0 saturated carbocycles. The summed E-state index contributed by atoms with van der Waals surface area (Å²) in [6.07, 6.45) is 1.29. The molecule has 5 nitrogen and oxygen atoms in total. The first-order valence-corrected chi connectivity index (χ1v) is 7.02. The van der Waals surface area contributed by atoms with Gasteiger partial charge in [0, 0.05) is 18.7 Å². The Morgan fingerprint density at radius 1 is 1.55 bits per heavy atom. The van der Waals surface area contributed by atoms with E-state index < -0.39 is 5.54 Å². The van der Waals surface area contributed by atoms with Gasteiger partial charge in [0.2, 0.25) is 0 Å². The summed E-state index contributed by atoms with van der Waals surface area (Å²) < 4.78 is 5.61. The van der Waals surface area contributed by atoms with Crippen LogP contribution in [0.3, 0.4) is 0 Å². The Labute approximate surface area is 119 Å². The van der Waals surface area contributed by atoms with Gasteiger partial charge in [-0.05, 0) is 31.9 Å². The van der Waals surface area contributed by atoms with Crippen molar-refractivity contribution in [2.24, 2.45) is 0 Å². The topological polar surface area (TPSA) is 70.6 Å². The van der Waals surface area contributed by atoms with Crippen molar-refractivity contribution in [1.82, 2.24) is 5.32 Å². The monoisotopic (exact) mass is 278 g/mol. The molecule has 0 aromatic heterocycles. The number of carbonyl (C=O) groups excluding carboxylic acids is 1. The number of para-hydroxylation sites is 1. The first kappa shape index (κ1) is 14.7. The Balaban J connectivity index is 2.21. The Bertz CT molecular complexity index is 490. The van der Waals surface area contributed by atoms with Crippen LogP contribution in [0.1, 0.15) is 37.0 Å². The van der Waals surface area contributed by atoms with Gasteiger partial charge in [0.25, 0.3) is 5.91 Å². The highest BCUT2D eigenvalue weighted by molar-refractivity contribution is 5.99. The number of anilines is 1. The van der Waals surface area contributed by atoms with Gasteiger partial charge in [-0.3, -0.25) is 4.79 Å². The van der Waals surface area contributed by atoms with Gasteiger partial charge >= 0.3 is 0 Å². The number of hydrogen-bond donors (Lipinski definition) is 3. The van der Waals surface area contributed by atoms with Gasteiger partial charge in [-0.15, -0.1) is 0 Å². The minimum atomic E-state index is -0.406. The second-order valence-electron chi connectivity index (χ2n) is 5.30. The van der Waals surface area contributed by atoms with Crippen molar-refractivity contribution in [2.45, 2.75) is 32.2 Å². The Morgan fingerprint density at radius 3 is 3.05 bits per heavy atom. The van der Waals surface area contributed by atoms with Crippen LogP contribution in [0.2, 0.25) is 0 Å². The molecule has 0 fully saturated rings. The number of aliphatic hydroxyl groups excluding tert-OH is 1. The lowest BCUT2D eigenvalue weighted by Gasteiger charge is -2.30. The molecule has 1 amide bonds. The SMILES string of the molecule is CCC(C)(CCO)NC(=O)c1cccc2c1OCCN2. The maximum atomic E-state index is 12.5. The second-order valence-corrected chi connectivity index (χ2v) is 5.30. The molecule has 110 valence electrons. The van der Waals surface area contributed by atoms with Gasteiger partial charge in [0.15, 0.2) is 5.75 Å². The molecule has 0 aliphatic carbocycles. The van der Waals surface area contributed by atoms with Crippen LogP contribution in [-0.2, 0) is 0 Å². The van der Waals surface area contributed by atoms with Crippen LogP contribution >= 0.6 is 0 Å². The number of ether oxygens (including phenoxy) is 1. The third kappa shape index (κ3) is 3.04. The zero-order valence-electron chi connectivity index (χ0n) is 12.0. The molecule has 5 heteroatoms. The number of hydrogen-bond acceptors (Lipinski definition) is 4. The minimum absolute atomic E-state index is 0.0512. The molecule has 2 rings (SSSR count). The largest absolute Gasteiger partial charge is 0.489 e. The van der Waals surface area contributed by atoms with E-state index in [1.54, 1.807) is 6.07 Å². The lowest BCUT2D eigenvalue weighted by molar-refractivity contribution is 0.0882. The molecule has 0 radical (unpaired) electrons. The van der Waals surface area contributed by atoms with Crippen LogP contribution in [0.25, 0.3) is 0 Å². The molecule has 1 atom stereocenters. The van der Waals surface area contributed by atoms with Gasteiger partial charge < -0.3 is 20.5 Å². The summed E-state index contributed by atoms with van der Waals surface area (Å²) in [5, 5.41) is 15.3. The van der Waals surface area contributed by atoms with E-state index >= 15 is 0 Å². The van der Waals surface area contributed by atoms with Crippen molar-refractivity contribution < 1.29 is 14.6 Å². The Morgan fingerprint density at radius 2 is 2.35 bits per heavy atom. The molecular formula is C15H22N2O3. The summed E-state index contributed by atoms with van der Waals surface area (Å²) in [6, 6.07) is 5.50. The predicted octanol–water partition coefficient (Wildman–Crippen LogP) is 1.77. The van der Waals surface area contributed by atoms with Crippen LogP contribution < -0.4 is 15.4 Å². The third-order valence-electron chi connectivity index (χ3n) is 3.78. The predicted molar refractivity (Wildman–Crippen MR) is 78.3 cm³/mol. The van der Waals surface area contributed by atoms with Crippen molar-refractivity contribution in [3.8, 4) is 5.75 Å². The average molecular weight is 278 g/mol. The van der Waals surface area contributed by atoms with Crippen molar-refractivity contribution in [3.63, 3.8) is 0 Å². The molecule has 1 unspecified atom stereocenters.